The number of hydrogen-bond donors (Lipinski definition) is 0. The minimum Gasteiger partial charge on any atom is -0.461 e. The van der Waals surface area contributed by atoms with Crippen molar-refractivity contribution in [3.05, 3.63) is 42.2 Å². The third-order valence-corrected chi connectivity index (χ3v) is 2.13. The molecule has 13 heavy (non-hydrogen) atoms. The number of benzene rings is 1. The van der Waals surface area contributed by atoms with Gasteiger partial charge < -0.3 is 4.42 Å². The monoisotopic (exact) mass is 172 g/mol. The summed E-state index contributed by atoms with van der Waals surface area (Å²) in [6, 6.07) is 8.18. The van der Waals surface area contributed by atoms with Crippen molar-refractivity contribution in [1.82, 2.24) is 0 Å². The van der Waals surface area contributed by atoms with E-state index < -0.39 is 0 Å². The lowest BCUT2D eigenvalue weighted by Crippen LogP contribution is -1.75. The van der Waals surface area contributed by atoms with Gasteiger partial charge in [0.2, 0.25) is 0 Å². The van der Waals surface area contributed by atoms with Crippen molar-refractivity contribution in [2.24, 2.45) is 0 Å². The molecule has 0 aliphatic carbocycles. The highest BCUT2D eigenvalue weighted by Gasteiger charge is 2.01. The van der Waals surface area contributed by atoms with Crippen LogP contribution in [-0.4, -0.2) is 0 Å². The zero-order valence-corrected chi connectivity index (χ0v) is 7.92. The van der Waals surface area contributed by atoms with Gasteiger partial charge in [0.05, 0.1) is 0 Å². The molecule has 0 saturated carbocycles. The zero-order chi connectivity index (χ0) is 9.42. The smallest absolute Gasteiger partial charge is 0.134 e. The van der Waals surface area contributed by atoms with Crippen LogP contribution in [0.3, 0.4) is 0 Å². The van der Waals surface area contributed by atoms with E-state index in [2.05, 4.69) is 12.6 Å². The highest BCUT2D eigenvalue weighted by Crippen LogP contribution is 2.22. The predicted octanol–water partition coefficient (Wildman–Crippen LogP) is 3.77. The lowest BCUT2D eigenvalue weighted by Gasteiger charge is -1.97. The topological polar surface area (TPSA) is 13.1 Å². The summed E-state index contributed by atoms with van der Waals surface area (Å²) < 4.78 is 5.47. The van der Waals surface area contributed by atoms with E-state index in [1.165, 1.54) is 5.56 Å². The van der Waals surface area contributed by atoms with E-state index >= 15 is 0 Å². The Kier molecular flexibility index (Phi) is 1.73. The predicted molar refractivity (Wildman–Crippen MR) is 55.7 cm³/mol. The van der Waals surface area contributed by atoms with E-state index in [1.54, 1.807) is 0 Å². The maximum absolute atomic E-state index is 5.47. The average molecular weight is 172 g/mol. The molecule has 0 atom stereocenters. The van der Waals surface area contributed by atoms with Crippen molar-refractivity contribution in [2.75, 3.05) is 0 Å². The number of furan rings is 1. The molecule has 0 bridgehead atoms. The Bertz CT molecular complexity index is 463. The molecule has 1 heteroatoms. The molecule has 0 N–H and O–H groups in total. The minimum absolute atomic E-state index is 0.947. The van der Waals surface area contributed by atoms with Gasteiger partial charge in [0.25, 0.3) is 0 Å². The standard InChI is InChI=1S/C12H12O/c1-8(2)10-4-5-12-11(7-10)6-9(3)13-12/h4-7H,1H2,2-3H3. The third kappa shape index (κ3) is 1.37. The van der Waals surface area contributed by atoms with E-state index in [-0.39, 0.29) is 0 Å². The first kappa shape index (κ1) is 8.11. The fourth-order valence-electron chi connectivity index (χ4n) is 1.44. The summed E-state index contributed by atoms with van der Waals surface area (Å²) in [6.45, 7) is 7.88. The van der Waals surface area contributed by atoms with Crippen LogP contribution in [-0.2, 0) is 0 Å². The van der Waals surface area contributed by atoms with Crippen molar-refractivity contribution in [1.29, 1.82) is 0 Å². The Labute approximate surface area is 77.7 Å². The molecule has 1 nitrogen and oxygen atoms in total. The Morgan fingerprint density at radius 2 is 2.08 bits per heavy atom. The largest absolute Gasteiger partial charge is 0.461 e. The average Bonchev–Trinajstić information content (AvgIpc) is 2.42. The second-order valence-electron chi connectivity index (χ2n) is 3.39. The quantitative estimate of drug-likeness (QED) is 0.638. The lowest BCUT2D eigenvalue weighted by molar-refractivity contribution is 0.578. The highest BCUT2D eigenvalue weighted by molar-refractivity contribution is 5.82. The van der Waals surface area contributed by atoms with Crippen molar-refractivity contribution in [3.63, 3.8) is 0 Å². The molecule has 0 amide bonds. The van der Waals surface area contributed by atoms with E-state index in [9.17, 15) is 0 Å². The molecule has 0 saturated heterocycles. The summed E-state index contributed by atoms with van der Waals surface area (Å²) in [4.78, 5) is 0. The van der Waals surface area contributed by atoms with Crippen molar-refractivity contribution < 1.29 is 4.42 Å². The summed E-state index contributed by atoms with van der Waals surface area (Å²) >= 11 is 0. The maximum Gasteiger partial charge on any atom is 0.134 e. The number of rotatable bonds is 1. The summed E-state index contributed by atoms with van der Waals surface area (Å²) in [7, 11) is 0. The minimum atomic E-state index is 0.947. The summed E-state index contributed by atoms with van der Waals surface area (Å²) in [6.07, 6.45) is 0. The van der Waals surface area contributed by atoms with Gasteiger partial charge in [0, 0.05) is 5.39 Å². The van der Waals surface area contributed by atoms with Gasteiger partial charge in [-0.3, -0.25) is 0 Å². The maximum atomic E-state index is 5.47. The fraction of sp³-hybridized carbons (Fsp3) is 0.167. The SMILES string of the molecule is C=C(C)c1ccc2oc(C)cc2c1. The summed E-state index contributed by atoms with van der Waals surface area (Å²) in [5.74, 6) is 0.953. The zero-order valence-electron chi connectivity index (χ0n) is 7.92. The van der Waals surface area contributed by atoms with Gasteiger partial charge in [0.15, 0.2) is 0 Å². The van der Waals surface area contributed by atoms with Crippen LogP contribution in [0.25, 0.3) is 16.5 Å². The molecular weight excluding hydrogens is 160 g/mol. The second kappa shape index (κ2) is 2.77. The Hall–Kier alpha value is -1.50. The molecular formula is C12H12O. The van der Waals surface area contributed by atoms with Crippen LogP contribution in [0, 0.1) is 6.92 Å². The van der Waals surface area contributed by atoms with Gasteiger partial charge in [-0.15, -0.1) is 0 Å². The first-order valence-corrected chi connectivity index (χ1v) is 4.33. The Balaban J connectivity index is 2.67. The van der Waals surface area contributed by atoms with Crippen molar-refractivity contribution in [3.8, 4) is 0 Å². The van der Waals surface area contributed by atoms with Gasteiger partial charge in [-0.05, 0) is 37.6 Å². The van der Waals surface area contributed by atoms with Crippen LogP contribution in [0.2, 0.25) is 0 Å². The van der Waals surface area contributed by atoms with Gasteiger partial charge >= 0.3 is 0 Å². The molecule has 1 heterocycles. The van der Waals surface area contributed by atoms with Crippen LogP contribution >= 0.6 is 0 Å². The molecule has 1 aromatic heterocycles. The molecule has 2 rings (SSSR count). The van der Waals surface area contributed by atoms with E-state index in [0.717, 1.165) is 22.3 Å². The van der Waals surface area contributed by atoms with E-state index in [0.29, 0.717) is 0 Å². The molecule has 2 aromatic rings. The normalized spacial score (nSPS) is 10.6. The van der Waals surface area contributed by atoms with Gasteiger partial charge in [-0.1, -0.05) is 18.2 Å². The van der Waals surface area contributed by atoms with Crippen LogP contribution in [0.4, 0.5) is 0 Å². The molecule has 0 unspecified atom stereocenters. The molecule has 1 aromatic carbocycles. The van der Waals surface area contributed by atoms with Crippen molar-refractivity contribution in [2.45, 2.75) is 13.8 Å². The number of fused-ring (bicyclic) bond motifs is 1. The van der Waals surface area contributed by atoms with E-state index in [1.807, 2.05) is 32.0 Å². The van der Waals surface area contributed by atoms with Crippen LogP contribution < -0.4 is 0 Å². The molecule has 0 radical (unpaired) electrons. The highest BCUT2D eigenvalue weighted by atomic mass is 16.3. The summed E-state index contributed by atoms with van der Waals surface area (Å²) in [5.41, 5.74) is 3.21. The molecule has 0 aliphatic heterocycles. The van der Waals surface area contributed by atoms with Crippen molar-refractivity contribution >= 4 is 16.5 Å². The van der Waals surface area contributed by atoms with Crippen LogP contribution in [0.5, 0.6) is 0 Å². The number of allylic oxidation sites excluding steroid dienone is 1. The molecule has 0 spiro atoms. The first-order chi connectivity index (χ1) is 6.16. The number of aryl methyl sites for hydroxylation is 1. The van der Waals surface area contributed by atoms with E-state index in [4.69, 9.17) is 4.42 Å². The fourth-order valence-corrected chi connectivity index (χ4v) is 1.44. The van der Waals surface area contributed by atoms with Crippen LogP contribution in [0.1, 0.15) is 18.2 Å². The number of hydrogen-bond acceptors (Lipinski definition) is 1. The molecule has 0 fully saturated rings. The second-order valence-corrected chi connectivity index (χ2v) is 3.39. The first-order valence-electron chi connectivity index (χ1n) is 4.33. The third-order valence-electron chi connectivity index (χ3n) is 2.13. The van der Waals surface area contributed by atoms with Gasteiger partial charge in [-0.2, -0.15) is 0 Å². The lowest BCUT2D eigenvalue weighted by atomic mass is 10.1. The molecule has 66 valence electrons. The summed E-state index contributed by atoms with van der Waals surface area (Å²) in [5, 5.41) is 1.15. The Morgan fingerprint density at radius 3 is 2.77 bits per heavy atom. The molecule has 0 aliphatic rings. The van der Waals surface area contributed by atoms with Gasteiger partial charge in [0.1, 0.15) is 11.3 Å². The van der Waals surface area contributed by atoms with Gasteiger partial charge in [-0.25, -0.2) is 0 Å². The van der Waals surface area contributed by atoms with Crippen LogP contribution in [0.15, 0.2) is 35.3 Å². The Morgan fingerprint density at radius 1 is 1.31 bits per heavy atom.